The maximum absolute atomic E-state index is 10.9. The summed E-state index contributed by atoms with van der Waals surface area (Å²) < 4.78 is 1.01. The molecule has 1 amide bonds. The van der Waals surface area contributed by atoms with Crippen molar-refractivity contribution in [2.75, 3.05) is 6.54 Å². The van der Waals surface area contributed by atoms with E-state index < -0.39 is 0 Å². The van der Waals surface area contributed by atoms with Gasteiger partial charge >= 0.3 is 0 Å². The highest BCUT2D eigenvalue weighted by molar-refractivity contribution is 14.1. The van der Waals surface area contributed by atoms with Gasteiger partial charge in [0, 0.05) is 12.6 Å². The highest BCUT2D eigenvalue weighted by Gasteiger charge is 1.93. The van der Waals surface area contributed by atoms with Crippen LogP contribution in [0.15, 0.2) is 9.66 Å². The molecular formula is C8H14INO. The summed E-state index contributed by atoms with van der Waals surface area (Å²) in [6, 6.07) is 0. The summed E-state index contributed by atoms with van der Waals surface area (Å²) in [7, 11) is 0. The molecule has 0 radical (unpaired) electrons. The summed E-state index contributed by atoms with van der Waals surface area (Å²) in [6.07, 6.45) is 3.78. The predicted molar refractivity (Wildman–Crippen MR) is 55.7 cm³/mol. The highest BCUT2D eigenvalue weighted by Crippen LogP contribution is 2.01. The number of hydrogen-bond donors (Lipinski definition) is 1. The lowest BCUT2D eigenvalue weighted by molar-refractivity contribution is -0.116. The molecule has 0 aliphatic rings. The van der Waals surface area contributed by atoms with E-state index in [0.29, 0.717) is 0 Å². The Morgan fingerprint density at radius 1 is 1.64 bits per heavy atom. The lowest BCUT2D eigenvalue weighted by Gasteiger charge is -1.98. The number of rotatable bonds is 4. The number of carbonyl (C=O) groups excluding carboxylic acids is 1. The molecule has 11 heavy (non-hydrogen) atoms. The summed E-state index contributed by atoms with van der Waals surface area (Å²) in [5.41, 5.74) is 0. The van der Waals surface area contributed by atoms with E-state index in [9.17, 15) is 4.79 Å². The Morgan fingerprint density at radius 3 is 2.73 bits per heavy atom. The number of nitrogens with one attached hydrogen (secondary N) is 1. The Bertz CT molecular complexity index is 150. The van der Waals surface area contributed by atoms with Gasteiger partial charge in [-0.25, -0.2) is 0 Å². The number of halogens is 1. The van der Waals surface area contributed by atoms with Crippen molar-refractivity contribution in [3.05, 3.63) is 9.66 Å². The molecule has 0 bridgehead atoms. The van der Waals surface area contributed by atoms with Crippen molar-refractivity contribution in [1.29, 1.82) is 0 Å². The van der Waals surface area contributed by atoms with Gasteiger partial charge in [0.2, 0.25) is 5.91 Å². The monoisotopic (exact) mass is 267 g/mol. The van der Waals surface area contributed by atoms with E-state index in [0.717, 1.165) is 23.0 Å². The van der Waals surface area contributed by atoms with Crippen LogP contribution >= 0.6 is 22.6 Å². The van der Waals surface area contributed by atoms with E-state index in [1.54, 1.807) is 6.08 Å². The van der Waals surface area contributed by atoms with E-state index in [4.69, 9.17) is 0 Å². The molecule has 0 aliphatic heterocycles. The van der Waals surface area contributed by atoms with Crippen molar-refractivity contribution >= 4 is 28.5 Å². The van der Waals surface area contributed by atoms with Crippen LogP contribution in [0.3, 0.4) is 0 Å². The zero-order valence-corrected chi connectivity index (χ0v) is 9.14. The molecule has 0 saturated heterocycles. The normalized spacial score (nSPS) is 11.4. The van der Waals surface area contributed by atoms with E-state index >= 15 is 0 Å². The maximum atomic E-state index is 10.9. The molecule has 0 heterocycles. The molecule has 0 aliphatic carbocycles. The Hall–Kier alpha value is -0.0600. The van der Waals surface area contributed by atoms with Crippen LogP contribution in [-0.4, -0.2) is 12.5 Å². The fourth-order valence-corrected chi connectivity index (χ4v) is 0.903. The summed E-state index contributed by atoms with van der Waals surface area (Å²) in [5, 5.41) is 2.79. The van der Waals surface area contributed by atoms with Gasteiger partial charge in [-0.2, -0.15) is 0 Å². The van der Waals surface area contributed by atoms with Crippen LogP contribution in [-0.2, 0) is 4.79 Å². The maximum Gasteiger partial charge on any atom is 0.244 e. The van der Waals surface area contributed by atoms with Crippen LogP contribution in [0.2, 0.25) is 0 Å². The average Bonchev–Trinajstić information content (AvgIpc) is 1.86. The largest absolute Gasteiger partial charge is 0.353 e. The topological polar surface area (TPSA) is 29.1 Å². The van der Waals surface area contributed by atoms with Crippen molar-refractivity contribution in [3.63, 3.8) is 0 Å². The zero-order chi connectivity index (χ0) is 8.69. The van der Waals surface area contributed by atoms with Crippen molar-refractivity contribution in [2.24, 2.45) is 0 Å². The lowest BCUT2D eigenvalue weighted by Crippen LogP contribution is -2.21. The quantitative estimate of drug-likeness (QED) is 0.472. The first-order chi connectivity index (χ1) is 5.16. The number of unbranched alkanes of at least 4 members (excludes halogenated alkanes) is 1. The van der Waals surface area contributed by atoms with Crippen molar-refractivity contribution < 1.29 is 4.79 Å². The molecule has 0 unspecified atom stereocenters. The third kappa shape index (κ3) is 7.84. The number of amides is 1. The molecule has 0 aromatic heterocycles. The van der Waals surface area contributed by atoms with Crippen LogP contribution in [0.4, 0.5) is 0 Å². The van der Waals surface area contributed by atoms with Crippen LogP contribution < -0.4 is 5.32 Å². The van der Waals surface area contributed by atoms with Gasteiger partial charge < -0.3 is 5.32 Å². The molecule has 0 atom stereocenters. The third-order valence-corrected chi connectivity index (χ3v) is 1.47. The minimum absolute atomic E-state index is 0.0188. The molecule has 2 nitrogen and oxygen atoms in total. The number of hydrogen-bond acceptors (Lipinski definition) is 1. The van der Waals surface area contributed by atoms with Crippen LogP contribution in [0, 0.1) is 0 Å². The van der Waals surface area contributed by atoms with Gasteiger partial charge in [-0.15, -0.1) is 0 Å². The summed E-state index contributed by atoms with van der Waals surface area (Å²) in [5.74, 6) is 0.0188. The fourth-order valence-electron chi connectivity index (χ4n) is 0.620. The minimum atomic E-state index is 0.0188. The highest BCUT2D eigenvalue weighted by atomic mass is 127. The second-order valence-corrected chi connectivity index (χ2v) is 4.08. The zero-order valence-electron chi connectivity index (χ0n) is 6.98. The molecule has 0 fully saturated rings. The van der Waals surface area contributed by atoms with Crippen molar-refractivity contribution in [2.45, 2.75) is 26.7 Å². The molecule has 3 heteroatoms. The first-order valence-electron chi connectivity index (χ1n) is 3.78. The number of carbonyl (C=O) groups is 1. The summed E-state index contributed by atoms with van der Waals surface area (Å²) >= 11 is 2.12. The summed E-state index contributed by atoms with van der Waals surface area (Å²) in [4.78, 5) is 10.9. The SMILES string of the molecule is CCCCNC(=O)C=C(C)I. The summed E-state index contributed by atoms with van der Waals surface area (Å²) in [6.45, 7) is 4.79. The molecule has 0 spiro atoms. The van der Waals surface area contributed by atoms with Crippen molar-refractivity contribution in [1.82, 2.24) is 5.32 Å². The first-order valence-corrected chi connectivity index (χ1v) is 4.86. The number of allylic oxidation sites excluding steroid dienone is 1. The second kappa shape index (κ2) is 6.64. The average molecular weight is 267 g/mol. The van der Waals surface area contributed by atoms with Crippen LogP contribution in [0.1, 0.15) is 26.7 Å². The predicted octanol–water partition coefficient (Wildman–Crippen LogP) is 2.24. The van der Waals surface area contributed by atoms with Crippen molar-refractivity contribution in [3.8, 4) is 0 Å². The molecule has 0 aromatic carbocycles. The van der Waals surface area contributed by atoms with Gasteiger partial charge in [-0.3, -0.25) is 4.79 Å². The molecule has 0 saturated carbocycles. The van der Waals surface area contributed by atoms with E-state index in [1.165, 1.54) is 0 Å². The van der Waals surface area contributed by atoms with Crippen LogP contribution in [0.5, 0.6) is 0 Å². The van der Waals surface area contributed by atoms with E-state index in [-0.39, 0.29) is 5.91 Å². The van der Waals surface area contributed by atoms with Gasteiger partial charge in [0.1, 0.15) is 0 Å². The molecule has 64 valence electrons. The fraction of sp³-hybridized carbons (Fsp3) is 0.625. The van der Waals surface area contributed by atoms with E-state index in [2.05, 4.69) is 34.8 Å². The molecule has 0 aromatic rings. The first kappa shape index (κ1) is 10.9. The molecule has 0 rings (SSSR count). The smallest absolute Gasteiger partial charge is 0.244 e. The van der Waals surface area contributed by atoms with Gasteiger partial charge in [-0.05, 0) is 39.5 Å². The van der Waals surface area contributed by atoms with E-state index in [1.807, 2.05) is 6.92 Å². The Morgan fingerprint density at radius 2 is 2.27 bits per heavy atom. The lowest BCUT2D eigenvalue weighted by atomic mass is 10.3. The Labute approximate surface area is 81.6 Å². The van der Waals surface area contributed by atoms with Gasteiger partial charge in [0.05, 0.1) is 0 Å². The third-order valence-electron chi connectivity index (χ3n) is 1.16. The standard InChI is InChI=1S/C8H14INO/c1-3-4-5-10-8(11)6-7(2)9/h6H,3-5H2,1-2H3,(H,10,11). The van der Waals surface area contributed by atoms with Gasteiger partial charge in [0.15, 0.2) is 0 Å². The Kier molecular flexibility index (Phi) is 6.60. The van der Waals surface area contributed by atoms with Gasteiger partial charge in [0.25, 0.3) is 0 Å². The molecular weight excluding hydrogens is 253 g/mol. The van der Waals surface area contributed by atoms with Crippen LogP contribution in [0.25, 0.3) is 0 Å². The minimum Gasteiger partial charge on any atom is -0.353 e. The molecule has 1 N–H and O–H groups in total. The second-order valence-electron chi connectivity index (χ2n) is 2.38. The Balaban J connectivity index is 3.46. The van der Waals surface area contributed by atoms with Gasteiger partial charge in [-0.1, -0.05) is 13.3 Å².